The maximum Gasteiger partial charge on any atom is 0.353 e. The van der Waals surface area contributed by atoms with Gasteiger partial charge in [-0.3, -0.25) is 14.5 Å². The van der Waals surface area contributed by atoms with Gasteiger partial charge in [0, 0.05) is 11.3 Å². The summed E-state index contributed by atoms with van der Waals surface area (Å²) in [6, 6.07) is -0.334. The molecule has 2 N–H and O–H groups in total. The predicted octanol–water partition coefficient (Wildman–Crippen LogP) is 0.232. The Morgan fingerprint density at radius 1 is 1.53 bits per heavy atom. The van der Waals surface area contributed by atoms with E-state index in [1.807, 2.05) is 0 Å². The molecule has 0 aromatic carbocycles. The molecule has 0 spiro atoms. The number of thioether (sulfide) groups is 1. The van der Waals surface area contributed by atoms with Crippen molar-refractivity contribution in [1.29, 1.82) is 0 Å². The van der Waals surface area contributed by atoms with E-state index in [9.17, 15) is 14.4 Å². The van der Waals surface area contributed by atoms with Crippen LogP contribution < -0.4 is 4.98 Å². The van der Waals surface area contributed by atoms with Crippen molar-refractivity contribution in [3.63, 3.8) is 0 Å². The summed E-state index contributed by atoms with van der Waals surface area (Å²) in [6.45, 7) is 6.25. The summed E-state index contributed by atoms with van der Waals surface area (Å²) in [5.74, 6) is -1.13. The summed E-state index contributed by atoms with van der Waals surface area (Å²) >= 11 is 1.43. The van der Waals surface area contributed by atoms with Gasteiger partial charge in [0.2, 0.25) is 5.91 Å². The van der Waals surface area contributed by atoms with Crippen molar-refractivity contribution >= 4 is 38.2 Å². The number of carbonyl (C=O) groups is 3. The normalized spacial score (nSPS) is 26.9. The number of hydrogen-bond donors (Lipinski definition) is 2. The van der Waals surface area contributed by atoms with E-state index in [0.717, 1.165) is 0 Å². The van der Waals surface area contributed by atoms with Gasteiger partial charge in [0.05, 0.1) is 0 Å². The van der Waals surface area contributed by atoms with Crippen molar-refractivity contribution in [2.24, 2.45) is 0 Å². The molecule has 0 bridgehead atoms. The van der Waals surface area contributed by atoms with Crippen LogP contribution in [0.3, 0.4) is 0 Å². The predicted molar refractivity (Wildman–Crippen MR) is 74.1 cm³/mol. The molecule has 2 aliphatic heterocycles. The second-order valence-electron chi connectivity index (χ2n) is 5.58. The molecule has 1 amide bonds. The van der Waals surface area contributed by atoms with Crippen molar-refractivity contribution < 1.29 is 19.5 Å². The maximum atomic E-state index is 12.1. The highest BCUT2D eigenvalue weighted by atomic mass is 32.2. The minimum absolute atomic E-state index is 0.155. The Morgan fingerprint density at radius 2 is 2.16 bits per heavy atom. The number of amides is 1. The van der Waals surface area contributed by atoms with E-state index in [-0.39, 0.29) is 28.6 Å². The number of aliphatic carboxylic acids is 1. The van der Waals surface area contributed by atoms with E-state index in [0.29, 0.717) is 12.0 Å². The maximum absolute atomic E-state index is 12.1. The highest BCUT2D eigenvalue weighted by Gasteiger charge is 2.54. The van der Waals surface area contributed by atoms with Crippen LogP contribution in [0.1, 0.15) is 0 Å². The van der Waals surface area contributed by atoms with Gasteiger partial charge in [-0.2, -0.15) is 0 Å². The molecule has 104 valence electrons. The minimum atomic E-state index is -1.63. The first-order valence-corrected chi connectivity index (χ1v) is 10.4. The largest absolute Gasteiger partial charge is 0.477 e. The van der Waals surface area contributed by atoms with E-state index in [1.54, 1.807) is 0 Å². The van der Waals surface area contributed by atoms with Gasteiger partial charge in [-0.25, -0.2) is 4.79 Å². The van der Waals surface area contributed by atoms with Crippen molar-refractivity contribution in [3.05, 3.63) is 11.3 Å². The number of nitrogens with one attached hydrogen (secondary N) is 1. The number of β-lactam (4-membered cyclic amide) rings is 1. The summed E-state index contributed by atoms with van der Waals surface area (Å²) in [7, 11) is -1.63. The number of nitrogens with zero attached hydrogens (tertiary/aromatic N) is 1. The zero-order valence-corrected chi connectivity index (χ0v) is 12.8. The molecule has 8 heteroatoms. The Balaban J connectivity index is 2.26. The highest BCUT2D eigenvalue weighted by Crippen LogP contribution is 2.40. The first-order chi connectivity index (χ1) is 8.76. The monoisotopic (exact) mass is 300 g/mol. The molecule has 0 aliphatic carbocycles. The number of rotatable bonds is 4. The Hall–Kier alpha value is -1.12. The van der Waals surface area contributed by atoms with Gasteiger partial charge in [-0.15, -0.1) is 11.8 Å². The van der Waals surface area contributed by atoms with E-state index in [2.05, 4.69) is 24.6 Å². The molecule has 0 aromatic heterocycles. The number of aldehydes is 1. The van der Waals surface area contributed by atoms with E-state index >= 15 is 0 Å². The first kappa shape index (κ1) is 14.3. The van der Waals surface area contributed by atoms with Crippen LogP contribution in [-0.4, -0.2) is 53.6 Å². The van der Waals surface area contributed by atoms with Gasteiger partial charge in [-0.05, 0) is 0 Å². The molecule has 1 fully saturated rings. The lowest BCUT2D eigenvalue weighted by atomic mass is 10.0. The van der Waals surface area contributed by atoms with Gasteiger partial charge >= 0.3 is 5.97 Å². The SMILES string of the molecule is C[Si](C)(C)NC1C(=O)N2C(C(=O)O)=C(C=O)CS[C@H]12. The molecule has 1 saturated heterocycles. The Bertz CT molecular complexity index is 486. The Kier molecular flexibility index (Phi) is 3.58. The van der Waals surface area contributed by atoms with Crippen LogP contribution in [0.25, 0.3) is 0 Å². The Labute approximate surface area is 116 Å². The van der Waals surface area contributed by atoms with Crippen LogP contribution in [0.4, 0.5) is 0 Å². The third kappa shape index (κ3) is 2.47. The molecular formula is C11H16N2O4SSi. The van der Waals surface area contributed by atoms with Crippen molar-refractivity contribution in [1.82, 2.24) is 9.88 Å². The molecule has 2 aliphatic rings. The zero-order chi connectivity index (χ0) is 14.4. The van der Waals surface area contributed by atoms with Gasteiger partial charge in [0.25, 0.3) is 0 Å². The molecular weight excluding hydrogens is 284 g/mol. The quantitative estimate of drug-likeness (QED) is 0.439. The van der Waals surface area contributed by atoms with Crippen LogP contribution in [0.15, 0.2) is 11.3 Å². The van der Waals surface area contributed by atoms with E-state index in [4.69, 9.17) is 5.11 Å². The van der Waals surface area contributed by atoms with E-state index in [1.165, 1.54) is 16.7 Å². The topological polar surface area (TPSA) is 86.7 Å². The lowest BCUT2D eigenvalue weighted by molar-refractivity contribution is -0.148. The van der Waals surface area contributed by atoms with Crippen molar-refractivity contribution in [3.8, 4) is 0 Å². The highest BCUT2D eigenvalue weighted by molar-refractivity contribution is 8.00. The molecule has 2 rings (SSSR count). The average Bonchev–Trinajstić information content (AvgIpc) is 2.32. The summed E-state index contributed by atoms with van der Waals surface area (Å²) in [5, 5.41) is 8.95. The fourth-order valence-corrected chi connectivity index (χ4v) is 4.83. The smallest absolute Gasteiger partial charge is 0.353 e. The lowest BCUT2D eigenvalue weighted by Crippen LogP contribution is -2.73. The number of carbonyl (C=O) groups excluding carboxylic acids is 2. The molecule has 0 radical (unpaired) electrons. The molecule has 0 saturated carbocycles. The van der Waals surface area contributed by atoms with Gasteiger partial charge in [-0.1, -0.05) is 19.6 Å². The second-order valence-corrected chi connectivity index (χ2v) is 11.5. The zero-order valence-electron chi connectivity index (χ0n) is 11.0. The first-order valence-electron chi connectivity index (χ1n) is 5.90. The Morgan fingerprint density at radius 3 is 2.63 bits per heavy atom. The summed E-state index contributed by atoms with van der Waals surface area (Å²) < 4.78 is 0. The van der Waals surface area contributed by atoms with E-state index < -0.39 is 14.2 Å². The summed E-state index contributed by atoms with van der Waals surface area (Å²) in [6.07, 6.45) is 0.527. The van der Waals surface area contributed by atoms with Gasteiger partial charge < -0.3 is 10.1 Å². The summed E-state index contributed by atoms with van der Waals surface area (Å²) in [4.78, 5) is 38.8. The van der Waals surface area contributed by atoms with Gasteiger partial charge in [0.1, 0.15) is 31.6 Å². The molecule has 6 nitrogen and oxygen atoms in total. The molecule has 0 aromatic rings. The van der Waals surface area contributed by atoms with Crippen LogP contribution in [0, 0.1) is 0 Å². The number of fused-ring (bicyclic) bond motifs is 1. The van der Waals surface area contributed by atoms with Crippen molar-refractivity contribution in [2.75, 3.05) is 5.75 Å². The molecule has 19 heavy (non-hydrogen) atoms. The number of carboxylic acid groups (broad SMARTS) is 1. The molecule has 2 heterocycles. The lowest BCUT2D eigenvalue weighted by Gasteiger charge is -2.50. The second kappa shape index (κ2) is 4.77. The standard InChI is InChI=1S/C11H16N2O4SSi/c1-19(2,3)12-7-9(15)13-8(11(16)17)6(4-14)5-18-10(7)13/h4,7,10,12H,5H2,1-3H3,(H,16,17)/t7?,10-/m1/s1. The third-order valence-electron chi connectivity index (χ3n) is 2.93. The van der Waals surface area contributed by atoms with Crippen LogP contribution in [0.5, 0.6) is 0 Å². The van der Waals surface area contributed by atoms with Crippen LogP contribution >= 0.6 is 11.8 Å². The van der Waals surface area contributed by atoms with Gasteiger partial charge in [0.15, 0.2) is 0 Å². The number of hydrogen-bond acceptors (Lipinski definition) is 5. The molecule has 1 unspecified atom stereocenters. The van der Waals surface area contributed by atoms with Crippen molar-refractivity contribution in [2.45, 2.75) is 31.1 Å². The molecule has 2 atom stereocenters. The van der Waals surface area contributed by atoms with Crippen LogP contribution in [0.2, 0.25) is 19.6 Å². The number of carboxylic acids is 1. The summed E-state index contributed by atoms with van der Waals surface area (Å²) in [5.41, 5.74) is 0.0194. The minimum Gasteiger partial charge on any atom is -0.477 e. The van der Waals surface area contributed by atoms with Crippen LogP contribution in [-0.2, 0) is 14.4 Å². The fourth-order valence-electron chi connectivity index (χ4n) is 2.20. The third-order valence-corrected chi connectivity index (χ3v) is 5.41. The fraction of sp³-hybridized carbons (Fsp3) is 0.545. The average molecular weight is 300 g/mol.